The third-order valence-corrected chi connectivity index (χ3v) is 4.55. The number of rotatable bonds is 5. The molecule has 5 heteroatoms. The maximum absolute atomic E-state index is 12.5. The van der Waals surface area contributed by atoms with E-state index < -0.39 is 0 Å². The number of fused-ring (bicyclic) bond motifs is 1. The average molecular weight is 350 g/mol. The molecular formula is C20H18N2O2S. The SMILES string of the molecule is COc1cc2ccccc2cc1C(=O)N/N=C\c1ccc(SC)cc1. The minimum absolute atomic E-state index is 0.306. The molecule has 0 heterocycles. The number of hydrogen-bond donors (Lipinski definition) is 1. The quantitative estimate of drug-likeness (QED) is 0.423. The highest BCUT2D eigenvalue weighted by Crippen LogP contribution is 2.25. The fourth-order valence-corrected chi connectivity index (χ4v) is 2.89. The number of amides is 1. The number of nitrogens with zero attached hydrogens (tertiary/aromatic N) is 1. The lowest BCUT2D eigenvalue weighted by Crippen LogP contribution is -2.18. The zero-order valence-electron chi connectivity index (χ0n) is 14.0. The Morgan fingerprint density at radius 1 is 1.08 bits per heavy atom. The standard InChI is InChI=1S/C20H18N2O2S/c1-24-19-12-16-6-4-3-5-15(16)11-18(19)20(23)22-21-13-14-7-9-17(25-2)10-8-14/h3-13H,1-2H3,(H,22,23)/b21-13-. The van der Waals surface area contributed by atoms with E-state index in [-0.39, 0.29) is 5.91 Å². The molecule has 25 heavy (non-hydrogen) atoms. The van der Waals surface area contributed by atoms with Crippen molar-refractivity contribution in [3.63, 3.8) is 0 Å². The van der Waals surface area contributed by atoms with Gasteiger partial charge >= 0.3 is 0 Å². The van der Waals surface area contributed by atoms with Gasteiger partial charge in [-0.2, -0.15) is 5.10 Å². The zero-order valence-corrected chi connectivity index (χ0v) is 14.8. The Kier molecular flexibility index (Phi) is 5.36. The maximum atomic E-state index is 12.5. The molecule has 0 saturated carbocycles. The summed E-state index contributed by atoms with van der Waals surface area (Å²) in [6.45, 7) is 0. The number of thioether (sulfide) groups is 1. The molecule has 4 nitrogen and oxygen atoms in total. The van der Waals surface area contributed by atoms with Gasteiger partial charge in [-0.05, 0) is 46.9 Å². The Hall–Kier alpha value is -2.79. The molecular weight excluding hydrogens is 332 g/mol. The van der Waals surface area contributed by atoms with Crippen LogP contribution in [-0.2, 0) is 0 Å². The first-order valence-corrected chi connectivity index (χ1v) is 8.98. The lowest BCUT2D eigenvalue weighted by Gasteiger charge is -2.09. The Labute approximate surface area is 150 Å². The number of hydrogen-bond acceptors (Lipinski definition) is 4. The molecule has 1 N–H and O–H groups in total. The third kappa shape index (κ3) is 4.00. The van der Waals surface area contributed by atoms with Crippen molar-refractivity contribution in [2.45, 2.75) is 4.90 Å². The van der Waals surface area contributed by atoms with Gasteiger partial charge in [-0.1, -0.05) is 36.4 Å². The van der Waals surface area contributed by atoms with Crippen molar-refractivity contribution >= 4 is 34.7 Å². The summed E-state index contributed by atoms with van der Waals surface area (Å²) in [7, 11) is 1.55. The van der Waals surface area contributed by atoms with Crippen LogP contribution >= 0.6 is 11.8 Å². The molecule has 0 fully saturated rings. The molecule has 0 spiro atoms. The molecule has 0 atom stereocenters. The Morgan fingerprint density at radius 2 is 1.76 bits per heavy atom. The van der Waals surface area contributed by atoms with Crippen LogP contribution in [0, 0.1) is 0 Å². The summed E-state index contributed by atoms with van der Waals surface area (Å²) in [4.78, 5) is 13.6. The zero-order chi connectivity index (χ0) is 17.6. The van der Waals surface area contributed by atoms with E-state index in [1.54, 1.807) is 25.1 Å². The van der Waals surface area contributed by atoms with E-state index in [1.165, 1.54) is 4.90 Å². The molecule has 0 bridgehead atoms. The number of nitrogens with one attached hydrogen (secondary N) is 1. The molecule has 3 aromatic rings. The van der Waals surface area contributed by atoms with Crippen molar-refractivity contribution in [2.24, 2.45) is 5.10 Å². The van der Waals surface area contributed by atoms with E-state index in [1.807, 2.05) is 66.9 Å². The van der Waals surface area contributed by atoms with Crippen LogP contribution in [0.4, 0.5) is 0 Å². The van der Waals surface area contributed by atoms with Crippen LogP contribution in [0.15, 0.2) is 70.7 Å². The van der Waals surface area contributed by atoms with Gasteiger partial charge in [-0.15, -0.1) is 11.8 Å². The lowest BCUT2D eigenvalue weighted by atomic mass is 10.1. The minimum Gasteiger partial charge on any atom is -0.496 e. The Morgan fingerprint density at radius 3 is 2.40 bits per heavy atom. The number of methoxy groups -OCH3 is 1. The van der Waals surface area contributed by atoms with E-state index >= 15 is 0 Å². The fraction of sp³-hybridized carbons (Fsp3) is 0.100. The smallest absolute Gasteiger partial charge is 0.275 e. The third-order valence-electron chi connectivity index (χ3n) is 3.81. The monoisotopic (exact) mass is 350 g/mol. The van der Waals surface area contributed by atoms with Crippen LogP contribution in [0.2, 0.25) is 0 Å². The van der Waals surface area contributed by atoms with Gasteiger partial charge in [-0.3, -0.25) is 4.79 Å². The first kappa shape index (κ1) is 17.0. The van der Waals surface area contributed by atoms with Crippen LogP contribution in [0.3, 0.4) is 0 Å². The Balaban J connectivity index is 1.78. The summed E-state index contributed by atoms with van der Waals surface area (Å²) in [5, 5.41) is 6.04. The average Bonchev–Trinajstić information content (AvgIpc) is 2.67. The molecule has 3 aromatic carbocycles. The van der Waals surface area contributed by atoms with Gasteiger partial charge in [0.05, 0.1) is 18.9 Å². The number of hydrazone groups is 1. The van der Waals surface area contributed by atoms with Crippen LogP contribution in [0.1, 0.15) is 15.9 Å². The van der Waals surface area contributed by atoms with E-state index in [0.717, 1.165) is 16.3 Å². The number of carbonyl (C=O) groups excluding carboxylic acids is 1. The summed E-state index contributed by atoms with van der Waals surface area (Å²) in [6.07, 6.45) is 3.65. The van der Waals surface area contributed by atoms with Crippen molar-refractivity contribution in [1.82, 2.24) is 5.43 Å². The van der Waals surface area contributed by atoms with Gasteiger partial charge in [0.1, 0.15) is 5.75 Å². The number of ether oxygens (including phenoxy) is 1. The van der Waals surface area contributed by atoms with Crippen LogP contribution < -0.4 is 10.2 Å². The Bertz CT molecular complexity index is 921. The van der Waals surface area contributed by atoms with E-state index in [4.69, 9.17) is 4.74 Å². The summed E-state index contributed by atoms with van der Waals surface area (Å²) in [5.74, 6) is 0.218. The van der Waals surface area contributed by atoms with E-state index in [0.29, 0.717) is 11.3 Å². The summed E-state index contributed by atoms with van der Waals surface area (Å²) < 4.78 is 5.35. The van der Waals surface area contributed by atoms with Gasteiger partial charge in [0, 0.05) is 4.90 Å². The van der Waals surface area contributed by atoms with Crippen molar-refractivity contribution in [3.8, 4) is 5.75 Å². The van der Waals surface area contributed by atoms with Crippen LogP contribution in [0.5, 0.6) is 5.75 Å². The van der Waals surface area contributed by atoms with Crippen molar-refractivity contribution in [1.29, 1.82) is 0 Å². The maximum Gasteiger partial charge on any atom is 0.275 e. The molecule has 3 rings (SSSR count). The lowest BCUT2D eigenvalue weighted by molar-refractivity contribution is 0.0952. The van der Waals surface area contributed by atoms with Gasteiger partial charge < -0.3 is 4.74 Å². The summed E-state index contributed by atoms with van der Waals surface area (Å²) in [6, 6.07) is 19.4. The highest BCUT2D eigenvalue weighted by Gasteiger charge is 2.13. The first-order chi connectivity index (χ1) is 12.2. The molecule has 0 aromatic heterocycles. The molecule has 0 radical (unpaired) electrons. The fourth-order valence-electron chi connectivity index (χ4n) is 2.48. The van der Waals surface area contributed by atoms with Crippen LogP contribution in [0.25, 0.3) is 10.8 Å². The van der Waals surface area contributed by atoms with Crippen LogP contribution in [-0.4, -0.2) is 25.5 Å². The van der Waals surface area contributed by atoms with Gasteiger partial charge in [0.15, 0.2) is 0 Å². The normalized spacial score (nSPS) is 11.0. The molecule has 0 unspecified atom stereocenters. The molecule has 1 amide bonds. The first-order valence-electron chi connectivity index (χ1n) is 7.75. The topological polar surface area (TPSA) is 50.7 Å². The van der Waals surface area contributed by atoms with Gasteiger partial charge in [-0.25, -0.2) is 5.43 Å². The van der Waals surface area contributed by atoms with Crippen molar-refractivity contribution in [2.75, 3.05) is 13.4 Å². The van der Waals surface area contributed by atoms with E-state index in [2.05, 4.69) is 10.5 Å². The van der Waals surface area contributed by atoms with E-state index in [9.17, 15) is 4.79 Å². The molecule has 0 aliphatic rings. The minimum atomic E-state index is -0.306. The predicted molar refractivity (Wildman–Crippen MR) is 104 cm³/mol. The number of benzene rings is 3. The largest absolute Gasteiger partial charge is 0.496 e. The van der Waals surface area contributed by atoms with Crippen molar-refractivity contribution < 1.29 is 9.53 Å². The highest BCUT2D eigenvalue weighted by atomic mass is 32.2. The highest BCUT2D eigenvalue weighted by molar-refractivity contribution is 7.98. The number of carbonyl (C=O) groups is 1. The molecule has 0 aliphatic heterocycles. The molecule has 126 valence electrons. The van der Waals surface area contributed by atoms with Gasteiger partial charge in [0.25, 0.3) is 5.91 Å². The second kappa shape index (κ2) is 7.85. The molecule has 0 saturated heterocycles. The summed E-state index contributed by atoms with van der Waals surface area (Å²) >= 11 is 1.68. The van der Waals surface area contributed by atoms with Crippen molar-refractivity contribution in [3.05, 3.63) is 71.8 Å². The van der Waals surface area contributed by atoms with Gasteiger partial charge in [0.2, 0.25) is 0 Å². The second-order valence-corrected chi connectivity index (χ2v) is 6.25. The molecule has 0 aliphatic carbocycles. The second-order valence-electron chi connectivity index (χ2n) is 5.37. The summed E-state index contributed by atoms with van der Waals surface area (Å²) in [5.41, 5.74) is 3.94. The predicted octanol–water partition coefficient (Wildman–Crippen LogP) is 4.33.